The lowest BCUT2D eigenvalue weighted by Crippen LogP contribution is -2.28. The van der Waals surface area contributed by atoms with E-state index in [0.29, 0.717) is 17.5 Å². The first kappa shape index (κ1) is 22.6. The third-order valence-electron chi connectivity index (χ3n) is 4.50. The fourth-order valence-corrected chi connectivity index (χ4v) is 3.72. The molecule has 2 aromatic rings. The summed E-state index contributed by atoms with van der Waals surface area (Å²) in [7, 11) is 0. The zero-order chi connectivity index (χ0) is 22.1. The van der Waals surface area contributed by atoms with Crippen molar-refractivity contribution in [3.05, 3.63) is 59.7 Å². The number of thioether (sulfide) groups is 1. The Balaban J connectivity index is 1.55. The number of nitrogens with one attached hydrogen (secondary N) is 2. The number of amidine groups is 1. The van der Waals surface area contributed by atoms with Crippen LogP contribution in [0.3, 0.4) is 0 Å². The molecule has 0 bridgehead atoms. The van der Waals surface area contributed by atoms with Gasteiger partial charge in [0.25, 0.3) is 0 Å². The highest BCUT2D eigenvalue weighted by Gasteiger charge is 2.32. The highest BCUT2D eigenvalue weighted by atomic mass is 32.2. The number of rotatable bonds is 9. The minimum Gasteiger partial charge on any atom is -0.493 e. The van der Waals surface area contributed by atoms with Gasteiger partial charge in [0.05, 0.1) is 12.8 Å². The minimum atomic E-state index is -0.538. The number of benzene rings is 2. The molecule has 1 atom stereocenters. The van der Waals surface area contributed by atoms with Gasteiger partial charge >= 0.3 is 0 Å². The first-order chi connectivity index (χ1) is 15.0. The van der Waals surface area contributed by atoms with Gasteiger partial charge in [0, 0.05) is 17.7 Å². The Labute approximate surface area is 186 Å². The topological polar surface area (TPSA) is 92.2 Å². The lowest BCUT2D eigenvalue weighted by Gasteiger charge is -2.07. The number of ether oxygens (including phenoxy) is 1. The van der Waals surface area contributed by atoms with E-state index in [1.807, 2.05) is 55.5 Å². The van der Waals surface area contributed by atoms with E-state index in [1.54, 1.807) is 6.21 Å². The molecular formula is C23H26N4O3S. The fraction of sp³-hybridized carbons (Fsp3) is 0.304. The van der Waals surface area contributed by atoms with Crippen molar-refractivity contribution in [3.63, 3.8) is 0 Å². The van der Waals surface area contributed by atoms with Crippen LogP contribution in [0.2, 0.25) is 0 Å². The highest BCUT2D eigenvalue weighted by molar-refractivity contribution is 8.15. The number of aryl methyl sites for hydroxylation is 1. The number of hydrogen-bond acceptors (Lipinski definition) is 6. The summed E-state index contributed by atoms with van der Waals surface area (Å²) in [6, 6.07) is 15.1. The van der Waals surface area contributed by atoms with Crippen LogP contribution in [-0.4, -0.2) is 35.1 Å². The number of anilines is 1. The van der Waals surface area contributed by atoms with E-state index in [-0.39, 0.29) is 18.2 Å². The Morgan fingerprint density at radius 1 is 1.23 bits per heavy atom. The van der Waals surface area contributed by atoms with Crippen LogP contribution < -0.4 is 15.4 Å². The molecule has 2 N–H and O–H groups in total. The summed E-state index contributed by atoms with van der Waals surface area (Å²) in [6.07, 6.45) is 3.69. The third-order valence-corrected chi connectivity index (χ3v) is 5.57. The van der Waals surface area contributed by atoms with E-state index >= 15 is 0 Å². The SMILES string of the molecule is CCCCOc1ccccc1C=N/N=C1/NC(=O)C(CC(=O)Nc2ccc(C)cc2)S1. The third kappa shape index (κ3) is 6.96. The predicted octanol–water partition coefficient (Wildman–Crippen LogP) is 4.12. The molecule has 0 radical (unpaired) electrons. The largest absolute Gasteiger partial charge is 0.493 e. The summed E-state index contributed by atoms with van der Waals surface area (Å²) < 4.78 is 5.77. The van der Waals surface area contributed by atoms with Crippen molar-refractivity contribution >= 4 is 40.6 Å². The Bertz CT molecular complexity index is 973. The predicted molar refractivity (Wildman–Crippen MR) is 126 cm³/mol. The molecule has 2 amide bonds. The van der Waals surface area contributed by atoms with E-state index in [1.165, 1.54) is 11.8 Å². The van der Waals surface area contributed by atoms with Crippen LogP contribution in [-0.2, 0) is 9.59 Å². The van der Waals surface area contributed by atoms with Gasteiger partial charge in [-0.05, 0) is 37.6 Å². The van der Waals surface area contributed by atoms with Gasteiger partial charge in [0.2, 0.25) is 11.8 Å². The van der Waals surface area contributed by atoms with Crippen molar-refractivity contribution in [2.24, 2.45) is 10.2 Å². The lowest BCUT2D eigenvalue weighted by molar-refractivity contribution is -0.122. The van der Waals surface area contributed by atoms with Gasteiger partial charge in [-0.3, -0.25) is 9.59 Å². The van der Waals surface area contributed by atoms with E-state index in [0.717, 1.165) is 29.7 Å². The van der Waals surface area contributed by atoms with Crippen molar-refractivity contribution in [2.75, 3.05) is 11.9 Å². The van der Waals surface area contributed by atoms with Crippen LogP contribution in [0, 0.1) is 6.92 Å². The number of unbranched alkanes of at least 4 members (excludes halogenated alkanes) is 1. The minimum absolute atomic E-state index is 0.0568. The van der Waals surface area contributed by atoms with Crippen LogP contribution in [0.5, 0.6) is 5.75 Å². The second-order valence-corrected chi connectivity index (χ2v) is 8.30. The van der Waals surface area contributed by atoms with Gasteiger partial charge in [0.15, 0.2) is 5.17 Å². The Hall–Kier alpha value is -3.13. The summed E-state index contributed by atoms with van der Waals surface area (Å²) in [5.41, 5.74) is 2.63. The maximum atomic E-state index is 12.3. The molecule has 1 aliphatic rings. The van der Waals surface area contributed by atoms with Crippen molar-refractivity contribution < 1.29 is 14.3 Å². The van der Waals surface area contributed by atoms with E-state index < -0.39 is 5.25 Å². The zero-order valence-corrected chi connectivity index (χ0v) is 18.4. The molecule has 1 heterocycles. The molecule has 0 aliphatic carbocycles. The molecule has 2 aromatic carbocycles. The number of carbonyl (C=O) groups excluding carboxylic acids is 2. The molecule has 1 fully saturated rings. The fourth-order valence-electron chi connectivity index (χ4n) is 2.79. The lowest BCUT2D eigenvalue weighted by atomic mass is 10.2. The molecular weight excluding hydrogens is 412 g/mol. The van der Waals surface area contributed by atoms with Gasteiger partial charge in [-0.1, -0.05) is 54.9 Å². The van der Waals surface area contributed by atoms with E-state index in [4.69, 9.17) is 4.74 Å². The molecule has 1 saturated heterocycles. The van der Waals surface area contributed by atoms with Crippen molar-refractivity contribution in [3.8, 4) is 5.75 Å². The Morgan fingerprint density at radius 2 is 2.00 bits per heavy atom. The number of hydrogen-bond donors (Lipinski definition) is 2. The Morgan fingerprint density at radius 3 is 2.77 bits per heavy atom. The molecule has 31 heavy (non-hydrogen) atoms. The maximum Gasteiger partial charge on any atom is 0.240 e. The molecule has 0 spiro atoms. The van der Waals surface area contributed by atoms with Crippen molar-refractivity contribution in [1.29, 1.82) is 0 Å². The Kier molecular flexibility index (Phi) is 8.23. The first-order valence-corrected chi connectivity index (χ1v) is 11.1. The number of nitrogens with zero attached hydrogens (tertiary/aromatic N) is 2. The summed E-state index contributed by atoms with van der Waals surface area (Å²) in [6.45, 7) is 4.74. The molecule has 8 heteroatoms. The second kappa shape index (κ2) is 11.3. The smallest absolute Gasteiger partial charge is 0.240 e. The van der Waals surface area contributed by atoms with Gasteiger partial charge < -0.3 is 15.4 Å². The molecule has 1 aliphatic heterocycles. The average molecular weight is 439 g/mol. The number of amides is 2. The highest BCUT2D eigenvalue weighted by Crippen LogP contribution is 2.23. The van der Waals surface area contributed by atoms with Gasteiger partial charge in [-0.2, -0.15) is 5.10 Å². The average Bonchev–Trinajstić information content (AvgIpc) is 3.10. The molecule has 1 unspecified atom stereocenters. The maximum absolute atomic E-state index is 12.3. The van der Waals surface area contributed by atoms with E-state index in [2.05, 4.69) is 27.8 Å². The molecule has 162 valence electrons. The van der Waals surface area contributed by atoms with Crippen molar-refractivity contribution in [2.45, 2.75) is 38.4 Å². The molecule has 0 aromatic heterocycles. The van der Waals surface area contributed by atoms with Crippen LogP contribution in [0.15, 0.2) is 58.7 Å². The summed E-state index contributed by atoms with van der Waals surface area (Å²) in [5.74, 6) is 0.273. The summed E-state index contributed by atoms with van der Waals surface area (Å²) in [4.78, 5) is 24.4. The molecule has 0 saturated carbocycles. The molecule has 7 nitrogen and oxygen atoms in total. The summed E-state index contributed by atoms with van der Waals surface area (Å²) in [5, 5.41) is 13.5. The summed E-state index contributed by atoms with van der Waals surface area (Å²) >= 11 is 1.20. The van der Waals surface area contributed by atoms with E-state index in [9.17, 15) is 9.59 Å². The normalized spacial score (nSPS) is 17.2. The van der Waals surface area contributed by atoms with Gasteiger partial charge in [0.1, 0.15) is 11.0 Å². The van der Waals surface area contributed by atoms with Gasteiger partial charge in [-0.25, -0.2) is 0 Å². The van der Waals surface area contributed by atoms with Crippen molar-refractivity contribution in [1.82, 2.24) is 5.32 Å². The van der Waals surface area contributed by atoms with Crippen LogP contribution in [0.4, 0.5) is 5.69 Å². The number of carbonyl (C=O) groups is 2. The second-order valence-electron chi connectivity index (χ2n) is 7.10. The van der Waals surface area contributed by atoms with Gasteiger partial charge in [-0.15, -0.1) is 5.10 Å². The monoisotopic (exact) mass is 438 g/mol. The first-order valence-electron chi connectivity index (χ1n) is 10.2. The van der Waals surface area contributed by atoms with Crippen LogP contribution in [0.25, 0.3) is 0 Å². The quantitative estimate of drug-likeness (QED) is 0.350. The van der Waals surface area contributed by atoms with Crippen LogP contribution in [0.1, 0.15) is 37.3 Å². The van der Waals surface area contributed by atoms with Crippen LogP contribution >= 0.6 is 11.8 Å². The molecule has 3 rings (SSSR count). The standard InChI is InChI=1S/C23H26N4O3S/c1-3-4-13-30-19-8-6-5-7-17(19)15-24-27-23-26-22(29)20(31-23)14-21(28)25-18-11-9-16(2)10-12-18/h5-12,15,20H,3-4,13-14H2,1-2H3,(H,25,28)(H,26,27,29). The number of para-hydroxylation sites is 1. The zero-order valence-electron chi connectivity index (χ0n) is 17.6.